The minimum absolute atomic E-state index is 0.342. The van der Waals surface area contributed by atoms with Crippen LogP contribution in [0.3, 0.4) is 0 Å². The number of rotatable bonds is 1. The highest BCUT2D eigenvalue weighted by Gasteiger charge is 2.08. The van der Waals surface area contributed by atoms with Crippen molar-refractivity contribution in [3.8, 4) is 11.9 Å². The van der Waals surface area contributed by atoms with Gasteiger partial charge in [-0.3, -0.25) is 4.57 Å². The third kappa shape index (κ3) is 1.45. The van der Waals surface area contributed by atoms with Gasteiger partial charge < -0.3 is 0 Å². The lowest BCUT2D eigenvalue weighted by Crippen LogP contribution is -2.00. The van der Waals surface area contributed by atoms with Crippen molar-refractivity contribution in [3.05, 3.63) is 54.7 Å². The van der Waals surface area contributed by atoms with Crippen molar-refractivity contribution >= 4 is 10.8 Å². The van der Waals surface area contributed by atoms with E-state index in [1.165, 1.54) is 0 Å². The average molecular weight is 220 g/mol. The van der Waals surface area contributed by atoms with Crippen molar-refractivity contribution < 1.29 is 0 Å². The molecule has 2 aromatic heterocycles. The van der Waals surface area contributed by atoms with Gasteiger partial charge in [0.15, 0.2) is 0 Å². The number of imidazole rings is 1. The maximum Gasteiger partial charge on any atom is 0.218 e. The number of nitriles is 1. The summed E-state index contributed by atoms with van der Waals surface area (Å²) in [5.41, 5.74) is 0. The van der Waals surface area contributed by atoms with E-state index >= 15 is 0 Å². The summed E-state index contributed by atoms with van der Waals surface area (Å²) >= 11 is 0. The van der Waals surface area contributed by atoms with Crippen molar-refractivity contribution in [1.82, 2.24) is 14.5 Å². The number of aromatic nitrogens is 3. The third-order valence-electron chi connectivity index (χ3n) is 2.62. The first-order chi connectivity index (χ1) is 8.40. The van der Waals surface area contributed by atoms with Crippen LogP contribution in [0.5, 0.6) is 0 Å². The van der Waals surface area contributed by atoms with E-state index < -0.39 is 0 Å². The molecule has 0 saturated carbocycles. The summed E-state index contributed by atoms with van der Waals surface area (Å²) in [7, 11) is 0. The quantitative estimate of drug-likeness (QED) is 0.632. The second kappa shape index (κ2) is 3.72. The highest BCUT2D eigenvalue weighted by molar-refractivity contribution is 5.88. The Kier molecular flexibility index (Phi) is 2.09. The van der Waals surface area contributed by atoms with Gasteiger partial charge in [0.2, 0.25) is 5.82 Å². The van der Waals surface area contributed by atoms with Gasteiger partial charge >= 0.3 is 0 Å². The maximum absolute atomic E-state index is 8.98. The number of fused-ring (bicyclic) bond motifs is 1. The molecule has 17 heavy (non-hydrogen) atoms. The summed E-state index contributed by atoms with van der Waals surface area (Å²) in [6.07, 6.45) is 5.08. The fourth-order valence-electron chi connectivity index (χ4n) is 1.85. The van der Waals surface area contributed by atoms with Crippen LogP contribution in [-0.4, -0.2) is 14.5 Å². The minimum atomic E-state index is 0.342. The zero-order valence-corrected chi connectivity index (χ0v) is 8.91. The van der Waals surface area contributed by atoms with Crippen LogP contribution >= 0.6 is 0 Å². The first-order valence-electron chi connectivity index (χ1n) is 5.18. The molecule has 0 atom stereocenters. The summed E-state index contributed by atoms with van der Waals surface area (Å²) in [5, 5.41) is 11.1. The van der Waals surface area contributed by atoms with Gasteiger partial charge in [0.05, 0.1) is 0 Å². The lowest BCUT2D eigenvalue weighted by Gasteiger charge is -2.06. The van der Waals surface area contributed by atoms with Crippen LogP contribution in [0.1, 0.15) is 5.82 Å². The van der Waals surface area contributed by atoms with Crippen molar-refractivity contribution in [2.24, 2.45) is 0 Å². The zero-order valence-electron chi connectivity index (χ0n) is 8.91. The van der Waals surface area contributed by atoms with Crippen molar-refractivity contribution in [2.45, 2.75) is 0 Å². The molecule has 0 amide bonds. The summed E-state index contributed by atoms with van der Waals surface area (Å²) < 4.78 is 1.70. The molecule has 80 valence electrons. The van der Waals surface area contributed by atoms with E-state index in [4.69, 9.17) is 5.26 Å². The lowest BCUT2D eigenvalue weighted by atomic mass is 10.1. The lowest BCUT2D eigenvalue weighted by molar-refractivity contribution is 0.980. The predicted octanol–water partition coefficient (Wildman–Crippen LogP) is 2.29. The topological polar surface area (TPSA) is 54.5 Å². The van der Waals surface area contributed by atoms with Gasteiger partial charge in [-0.05, 0) is 11.5 Å². The highest BCUT2D eigenvalue weighted by atomic mass is 15.1. The zero-order chi connectivity index (χ0) is 11.7. The van der Waals surface area contributed by atoms with Crippen LogP contribution < -0.4 is 0 Å². The normalized spacial score (nSPS) is 10.3. The molecule has 3 aromatic rings. The molecule has 0 fully saturated rings. The second-order valence-electron chi connectivity index (χ2n) is 3.59. The molecule has 0 N–H and O–H groups in total. The van der Waals surface area contributed by atoms with E-state index in [-0.39, 0.29) is 0 Å². The fraction of sp³-hybridized carbons (Fsp3) is 0. The Bertz CT molecular complexity index is 716. The molecule has 0 unspecified atom stereocenters. The van der Waals surface area contributed by atoms with Gasteiger partial charge in [0.25, 0.3) is 0 Å². The molecule has 0 spiro atoms. The number of hydrogen-bond acceptors (Lipinski definition) is 3. The maximum atomic E-state index is 8.98. The van der Waals surface area contributed by atoms with Gasteiger partial charge in [-0.15, -0.1) is 0 Å². The molecule has 4 heteroatoms. The van der Waals surface area contributed by atoms with E-state index in [2.05, 4.69) is 16.0 Å². The number of nitrogens with zero attached hydrogens (tertiary/aromatic N) is 4. The van der Waals surface area contributed by atoms with Crippen LogP contribution in [0.25, 0.3) is 16.6 Å². The molecular weight excluding hydrogens is 212 g/mol. The molecule has 3 rings (SSSR count). The SMILES string of the molecule is N#Cc1nccn1-c1nccc2ccccc12. The molecule has 0 aliphatic carbocycles. The second-order valence-corrected chi connectivity index (χ2v) is 3.59. The van der Waals surface area contributed by atoms with E-state index in [0.717, 1.165) is 16.6 Å². The molecule has 0 bridgehead atoms. The van der Waals surface area contributed by atoms with Crippen molar-refractivity contribution in [2.75, 3.05) is 0 Å². The smallest absolute Gasteiger partial charge is 0.218 e. The van der Waals surface area contributed by atoms with E-state index in [1.54, 1.807) is 23.2 Å². The van der Waals surface area contributed by atoms with E-state index in [1.807, 2.05) is 30.3 Å². The summed E-state index contributed by atoms with van der Waals surface area (Å²) in [5.74, 6) is 1.08. The van der Waals surface area contributed by atoms with Gasteiger partial charge in [-0.2, -0.15) is 5.26 Å². The van der Waals surface area contributed by atoms with E-state index in [9.17, 15) is 0 Å². The van der Waals surface area contributed by atoms with Gasteiger partial charge in [-0.1, -0.05) is 24.3 Å². The monoisotopic (exact) mass is 220 g/mol. The summed E-state index contributed by atoms with van der Waals surface area (Å²) in [6, 6.07) is 11.9. The van der Waals surface area contributed by atoms with Gasteiger partial charge in [-0.25, -0.2) is 9.97 Å². The Balaban J connectivity index is 2.35. The van der Waals surface area contributed by atoms with Crippen LogP contribution in [0.15, 0.2) is 48.9 Å². The molecule has 1 aromatic carbocycles. The number of pyridine rings is 1. The number of benzene rings is 1. The Hall–Kier alpha value is -2.67. The average Bonchev–Trinajstić information content (AvgIpc) is 2.86. The van der Waals surface area contributed by atoms with E-state index in [0.29, 0.717) is 5.82 Å². The predicted molar refractivity (Wildman–Crippen MR) is 63.6 cm³/mol. The fourth-order valence-corrected chi connectivity index (χ4v) is 1.85. The Morgan fingerprint density at radius 3 is 2.82 bits per heavy atom. The van der Waals surface area contributed by atoms with Crippen LogP contribution in [0.2, 0.25) is 0 Å². The first kappa shape index (κ1) is 9.55. The standard InChI is InChI=1S/C13H8N4/c14-9-12-15-7-8-17(12)13-11-4-2-1-3-10(11)5-6-16-13/h1-8H. The van der Waals surface area contributed by atoms with Crippen LogP contribution in [-0.2, 0) is 0 Å². The molecule has 4 nitrogen and oxygen atoms in total. The molecule has 0 aliphatic rings. The third-order valence-corrected chi connectivity index (χ3v) is 2.62. The Morgan fingerprint density at radius 1 is 1.06 bits per heavy atom. The molecule has 0 aliphatic heterocycles. The minimum Gasteiger partial charge on any atom is -0.275 e. The highest BCUT2D eigenvalue weighted by Crippen LogP contribution is 2.20. The van der Waals surface area contributed by atoms with Crippen LogP contribution in [0.4, 0.5) is 0 Å². The van der Waals surface area contributed by atoms with Gasteiger partial charge in [0, 0.05) is 24.0 Å². The van der Waals surface area contributed by atoms with Crippen molar-refractivity contribution in [3.63, 3.8) is 0 Å². The van der Waals surface area contributed by atoms with Gasteiger partial charge in [0.1, 0.15) is 11.9 Å². The first-order valence-corrected chi connectivity index (χ1v) is 5.18. The van der Waals surface area contributed by atoms with Crippen molar-refractivity contribution in [1.29, 1.82) is 5.26 Å². The summed E-state index contributed by atoms with van der Waals surface area (Å²) in [6.45, 7) is 0. The molecular formula is C13H8N4. The molecule has 0 saturated heterocycles. The number of hydrogen-bond donors (Lipinski definition) is 0. The molecule has 2 heterocycles. The van der Waals surface area contributed by atoms with Crippen LogP contribution in [0, 0.1) is 11.3 Å². The Labute approximate surface area is 97.8 Å². The summed E-state index contributed by atoms with van der Waals surface area (Å²) in [4.78, 5) is 8.31. The largest absolute Gasteiger partial charge is 0.275 e. The molecule has 0 radical (unpaired) electrons. The Morgan fingerprint density at radius 2 is 1.94 bits per heavy atom.